The van der Waals surface area contributed by atoms with Crippen LogP contribution in [0.1, 0.15) is 18.1 Å². The lowest BCUT2D eigenvalue weighted by Gasteiger charge is -2.16. The molecule has 0 saturated heterocycles. The molecule has 0 spiro atoms. The Morgan fingerprint density at radius 1 is 1.47 bits per heavy atom. The van der Waals surface area contributed by atoms with Gasteiger partial charge in [0.05, 0.1) is 5.75 Å². The molecule has 0 radical (unpaired) electrons. The summed E-state index contributed by atoms with van der Waals surface area (Å²) < 4.78 is 28.2. The van der Waals surface area contributed by atoms with E-state index in [9.17, 15) is 8.42 Å². The standard InChI is InChI=1S/C14H21NO3S/c1-10-4-5-14-12(6-10)7-13(18-14)8-15-11(2)9-19(3,16)17/h4-6,11,13,15H,7-9H2,1-3H3. The zero-order valence-electron chi connectivity index (χ0n) is 11.6. The van der Waals surface area contributed by atoms with E-state index in [1.807, 2.05) is 19.1 Å². The Labute approximate surface area is 115 Å². The van der Waals surface area contributed by atoms with Gasteiger partial charge < -0.3 is 10.1 Å². The van der Waals surface area contributed by atoms with Crippen molar-refractivity contribution in [2.75, 3.05) is 18.6 Å². The minimum Gasteiger partial charge on any atom is -0.488 e. The molecule has 5 heteroatoms. The topological polar surface area (TPSA) is 55.4 Å². The van der Waals surface area contributed by atoms with Gasteiger partial charge in [-0.2, -0.15) is 0 Å². The molecule has 2 atom stereocenters. The van der Waals surface area contributed by atoms with Crippen LogP contribution in [0, 0.1) is 6.92 Å². The molecule has 0 bridgehead atoms. The first-order valence-electron chi connectivity index (χ1n) is 6.51. The van der Waals surface area contributed by atoms with Crippen molar-refractivity contribution in [3.8, 4) is 5.75 Å². The highest BCUT2D eigenvalue weighted by Gasteiger charge is 2.23. The van der Waals surface area contributed by atoms with Crippen LogP contribution in [0.4, 0.5) is 0 Å². The average Bonchev–Trinajstić information content (AvgIpc) is 2.66. The van der Waals surface area contributed by atoms with Crippen molar-refractivity contribution in [2.24, 2.45) is 0 Å². The summed E-state index contributed by atoms with van der Waals surface area (Å²) in [5.74, 6) is 1.11. The fourth-order valence-corrected chi connectivity index (χ4v) is 3.43. The molecule has 2 rings (SSSR count). The molecule has 0 fully saturated rings. The van der Waals surface area contributed by atoms with E-state index in [4.69, 9.17) is 4.74 Å². The van der Waals surface area contributed by atoms with Gasteiger partial charge in [-0.3, -0.25) is 0 Å². The number of nitrogens with one attached hydrogen (secondary N) is 1. The second-order valence-electron chi connectivity index (χ2n) is 5.46. The van der Waals surface area contributed by atoms with Crippen LogP contribution in [0.25, 0.3) is 0 Å². The molecule has 0 saturated carbocycles. The molecule has 1 N–H and O–H groups in total. The second-order valence-corrected chi connectivity index (χ2v) is 7.64. The summed E-state index contributed by atoms with van der Waals surface area (Å²) in [4.78, 5) is 0. The van der Waals surface area contributed by atoms with E-state index in [2.05, 4.69) is 18.3 Å². The van der Waals surface area contributed by atoms with Gasteiger partial charge in [-0.05, 0) is 25.5 Å². The van der Waals surface area contributed by atoms with Gasteiger partial charge in [-0.1, -0.05) is 17.7 Å². The van der Waals surface area contributed by atoms with E-state index in [0.29, 0.717) is 6.54 Å². The number of aryl methyl sites for hydroxylation is 1. The molecule has 1 aliphatic rings. The van der Waals surface area contributed by atoms with E-state index < -0.39 is 9.84 Å². The van der Waals surface area contributed by atoms with Crippen LogP contribution in [0.5, 0.6) is 5.75 Å². The minimum absolute atomic E-state index is 0.0518. The lowest BCUT2D eigenvalue weighted by molar-refractivity contribution is 0.224. The van der Waals surface area contributed by atoms with Crippen molar-refractivity contribution < 1.29 is 13.2 Å². The predicted molar refractivity (Wildman–Crippen MR) is 76.5 cm³/mol. The minimum atomic E-state index is -2.93. The van der Waals surface area contributed by atoms with Gasteiger partial charge in [0.15, 0.2) is 0 Å². The molecule has 2 unspecified atom stereocenters. The highest BCUT2D eigenvalue weighted by molar-refractivity contribution is 7.90. The van der Waals surface area contributed by atoms with Crippen LogP contribution < -0.4 is 10.1 Å². The van der Waals surface area contributed by atoms with Crippen molar-refractivity contribution >= 4 is 9.84 Å². The van der Waals surface area contributed by atoms with E-state index in [-0.39, 0.29) is 17.9 Å². The van der Waals surface area contributed by atoms with Gasteiger partial charge in [0, 0.05) is 25.3 Å². The fraction of sp³-hybridized carbons (Fsp3) is 0.571. The number of sulfone groups is 1. The molecular formula is C14H21NO3S. The number of hydrogen-bond donors (Lipinski definition) is 1. The monoisotopic (exact) mass is 283 g/mol. The summed E-state index contributed by atoms with van der Waals surface area (Å²) in [6.45, 7) is 4.62. The summed E-state index contributed by atoms with van der Waals surface area (Å²) in [6, 6.07) is 6.14. The van der Waals surface area contributed by atoms with Gasteiger partial charge in [0.1, 0.15) is 21.7 Å². The lowest BCUT2D eigenvalue weighted by Crippen LogP contribution is -2.39. The Morgan fingerprint density at radius 2 is 2.21 bits per heavy atom. The van der Waals surface area contributed by atoms with Gasteiger partial charge in [-0.15, -0.1) is 0 Å². The zero-order chi connectivity index (χ0) is 14.0. The maximum Gasteiger partial charge on any atom is 0.148 e. The van der Waals surface area contributed by atoms with Crippen LogP contribution in [-0.2, 0) is 16.3 Å². The summed E-state index contributed by atoms with van der Waals surface area (Å²) in [7, 11) is -2.93. The van der Waals surface area contributed by atoms with Crippen LogP contribution in [0.2, 0.25) is 0 Å². The molecule has 4 nitrogen and oxygen atoms in total. The van der Waals surface area contributed by atoms with Gasteiger partial charge in [0.2, 0.25) is 0 Å². The summed E-state index contributed by atoms with van der Waals surface area (Å²) in [6.07, 6.45) is 2.24. The molecule has 0 aromatic heterocycles. The van der Waals surface area contributed by atoms with Crippen molar-refractivity contribution in [1.29, 1.82) is 0 Å². The SMILES string of the molecule is Cc1ccc2c(c1)CC(CNC(C)CS(C)(=O)=O)O2. The Kier molecular flexibility index (Phi) is 4.16. The Morgan fingerprint density at radius 3 is 2.89 bits per heavy atom. The third-order valence-electron chi connectivity index (χ3n) is 3.20. The predicted octanol–water partition coefficient (Wildman–Crippen LogP) is 1.32. The lowest BCUT2D eigenvalue weighted by atomic mass is 10.1. The van der Waals surface area contributed by atoms with Gasteiger partial charge in [-0.25, -0.2) is 8.42 Å². The van der Waals surface area contributed by atoms with Crippen molar-refractivity contribution in [3.05, 3.63) is 29.3 Å². The number of hydrogen-bond acceptors (Lipinski definition) is 4. The van der Waals surface area contributed by atoms with Crippen LogP contribution in [-0.4, -0.2) is 39.1 Å². The highest BCUT2D eigenvalue weighted by Crippen LogP contribution is 2.29. The first kappa shape index (κ1) is 14.3. The van der Waals surface area contributed by atoms with E-state index >= 15 is 0 Å². The van der Waals surface area contributed by atoms with Crippen molar-refractivity contribution in [3.63, 3.8) is 0 Å². The first-order chi connectivity index (χ1) is 8.83. The third kappa shape index (κ3) is 4.21. The van der Waals surface area contributed by atoms with Crippen LogP contribution >= 0.6 is 0 Å². The number of benzene rings is 1. The quantitative estimate of drug-likeness (QED) is 0.885. The molecule has 0 aliphatic carbocycles. The van der Waals surface area contributed by atoms with E-state index in [1.54, 1.807) is 0 Å². The normalized spacial score (nSPS) is 19.8. The third-order valence-corrected chi connectivity index (χ3v) is 4.31. The summed E-state index contributed by atoms with van der Waals surface area (Å²) in [5, 5.41) is 3.23. The molecule has 19 heavy (non-hydrogen) atoms. The van der Waals surface area contributed by atoms with Crippen molar-refractivity contribution in [2.45, 2.75) is 32.4 Å². The van der Waals surface area contributed by atoms with Gasteiger partial charge in [0.25, 0.3) is 0 Å². The smallest absolute Gasteiger partial charge is 0.148 e. The molecule has 1 aliphatic heterocycles. The van der Waals surface area contributed by atoms with Crippen LogP contribution in [0.3, 0.4) is 0 Å². The van der Waals surface area contributed by atoms with Crippen molar-refractivity contribution in [1.82, 2.24) is 5.32 Å². The van der Waals surface area contributed by atoms with Crippen LogP contribution in [0.15, 0.2) is 18.2 Å². The maximum absolute atomic E-state index is 11.2. The average molecular weight is 283 g/mol. The Bertz CT molecular complexity index is 554. The van der Waals surface area contributed by atoms with E-state index in [0.717, 1.165) is 12.2 Å². The number of rotatable bonds is 5. The summed E-state index contributed by atoms with van der Waals surface area (Å²) >= 11 is 0. The highest BCUT2D eigenvalue weighted by atomic mass is 32.2. The maximum atomic E-state index is 11.2. The van der Waals surface area contributed by atoms with Gasteiger partial charge >= 0.3 is 0 Å². The fourth-order valence-electron chi connectivity index (χ4n) is 2.41. The zero-order valence-corrected chi connectivity index (χ0v) is 12.5. The molecule has 0 amide bonds. The Balaban J connectivity index is 1.84. The first-order valence-corrected chi connectivity index (χ1v) is 8.57. The van der Waals surface area contributed by atoms with E-state index in [1.165, 1.54) is 17.4 Å². The molecule has 1 aromatic carbocycles. The Hall–Kier alpha value is -1.07. The molecule has 1 aromatic rings. The molecule has 1 heterocycles. The largest absolute Gasteiger partial charge is 0.488 e. The summed E-state index contributed by atoms with van der Waals surface area (Å²) in [5.41, 5.74) is 2.48. The number of fused-ring (bicyclic) bond motifs is 1. The second kappa shape index (κ2) is 5.51. The molecular weight excluding hydrogens is 262 g/mol. The molecule has 106 valence electrons. The number of ether oxygens (including phenoxy) is 1.